The highest BCUT2D eigenvalue weighted by Crippen LogP contribution is 2.28. The van der Waals surface area contributed by atoms with E-state index in [4.69, 9.17) is 11.6 Å². The Morgan fingerprint density at radius 3 is 2.33 bits per heavy atom. The molecule has 1 aliphatic heterocycles. The van der Waals surface area contributed by atoms with Gasteiger partial charge in [-0.25, -0.2) is 8.42 Å². The summed E-state index contributed by atoms with van der Waals surface area (Å²) in [5, 5.41) is 0.209. The molecule has 0 N–H and O–H groups in total. The van der Waals surface area contributed by atoms with E-state index in [9.17, 15) is 13.2 Å². The van der Waals surface area contributed by atoms with E-state index >= 15 is 0 Å². The van der Waals surface area contributed by atoms with Crippen LogP contribution in [0, 0.1) is 0 Å². The van der Waals surface area contributed by atoms with Crippen molar-refractivity contribution in [1.29, 1.82) is 0 Å². The number of halogens is 2. The quantitative estimate of drug-likeness (QED) is 0.601. The molecule has 0 aliphatic carbocycles. The molecule has 144 valence electrons. The van der Waals surface area contributed by atoms with E-state index in [0.717, 1.165) is 9.37 Å². The average molecular weight is 490 g/mol. The molecule has 0 radical (unpaired) electrons. The number of sulfonamides is 1. The number of rotatable bonds is 5. The molecule has 0 saturated carbocycles. The number of carbonyl (C=O) groups is 1. The van der Waals surface area contributed by atoms with Gasteiger partial charge in [0, 0.05) is 35.5 Å². The predicted octanol–water partition coefficient (Wildman–Crippen LogP) is 3.73. The number of nitrogens with zero attached hydrogens (tertiary/aromatic N) is 2. The van der Waals surface area contributed by atoms with E-state index in [1.165, 1.54) is 22.1 Å². The second kappa shape index (κ2) is 8.96. The van der Waals surface area contributed by atoms with E-state index in [-0.39, 0.29) is 28.9 Å². The third-order valence-electron chi connectivity index (χ3n) is 4.23. The van der Waals surface area contributed by atoms with E-state index in [0.29, 0.717) is 18.8 Å². The number of benzene rings is 2. The average Bonchev–Trinajstić information content (AvgIpc) is 2.67. The number of hydrogen-bond donors (Lipinski definition) is 0. The lowest BCUT2D eigenvalue weighted by Crippen LogP contribution is -2.51. The molecule has 3 rings (SSSR count). The van der Waals surface area contributed by atoms with Crippen LogP contribution in [0.4, 0.5) is 0 Å². The zero-order valence-electron chi connectivity index (χ0n) is 14.3. The fourth-order valence-electron chi connectivity index (χ4n) is 2.76. The first-order valence-corrected chi connectivity index (χ1v) is 11.9. The summed E-state index contributed by atoms with van der Waals surface area (Å²) in [7, 11) is -3.65. The third kappa shape index (κ3) is 4.86. The van der Waals surface area contributed by atoms with Gasteiger partial charge in [-0.05, 0) is 40.2 Å². The van der Waals surface area contributed by atoms with Crippen LogP contribution >= 0.6 is 39.3 Å². The van der Waals surface area contributed by atoms with Gasteiger partial charge in [0.15, 0.2) is 0 Å². The predicted molar refractivity (Wildman–Crippen MR) is 112 cm³/mol. The molecule has 0 spiro atoms. The number of carbonyl (C=O) groups excluding carboxylic acids is 1. The molecule has 1 fully saturated rings. The van der Waals surface area contributed by atoms with Crippen molar-refractivity contribution in [2.24, 2.45) is 0 Å². The third-order valence-corrected chi connectivity index (χ3v) is 8.64. The lowest BCUT2D eigenvalue weighted by molar-refractivity contribution is -0.129. The van der Waals surface area contributed by atoms with Crippen LogP contribution in [0.25, 0.3) is 0 Å². The topological polar surface area (TPSA) is 57.7 Å². The van der Waals surface area contributed by atoms with Gasteiger partial charge in [0.05, 0.1) is 10.8 Å². The summed E-state index contributed by atoms with van der Waals surface area (Å²) in [6.07, 6.45) is 0. The Hall–Kier alpha value is -1.06. The van der Waals surface area contributed by atoms with Crippen molar-refractivity contribution in [1.82, 2.24) is 9.21 Å². The van der Waals surface area contributed by atoms with Crippen molar-refractivity contribution in [3.8, 4) is 0 Å². The summed E-state index contributed by atoms with van der Waals surface area (Å²) >= 11 is 11.0. The van der Waals surface area contributed by atoms with Crippen LogP contribution in [-0.2, 0) is 14.8 Å². The first kappa shape index (κ1) is 20.7. The van der Waals surface area contributed by atoms with Gasteiger partial charge in [-0.3, -0.25) is 4.79 Å². The molecule has 1 heterocycles. The fraction of sp³-hybridized carbons (Fsp3) is 0.278. The molecule has 1 saturated heterocycles. The molecule has 0 atom stereocenters. The monoisotopic (exact) mass is 488 g/mol. The zero-order chi connectivity index (χ0) is 19.4. The Morgan fingerprint density at radius 2 is 1.67 bits per heavy atom. The standard InChI is InChI=1S/C18H18BrClN2O3S2/c19-14-5-1-3-7-16(14)26-13-18(23)21-9-11-22(12-10-21)27(24,25)17-8-4-2-6-15(17)20/h1-8H,9-13H2. The number of hydrogen-bond acceptors (Lipinski definition) is 4. The van der Waals surface area contributed by atoms with Gasteiger partial charge in [-0.1, -0.05) is 35.9 Å². The van der Waals surface area contributed by atoms with Crippen molar-refractivity contribution in [2.75, 3.05) is 31.9 Å². The lowest BCUT2D eigenvalue weighted by atomic mass is 10.3. The van der Waals surface area contributed by atoms with Crippen LogP contribution < -0.4 is 0 Å². The van der Waals surface area contributed by atoms with Crippen LogP contribution in [0.1, 0.15) is 0 Å². The molecule has 1 aliphatic rings. The van der Waals surface area contributed by atoms with E-state index < -0.39 is 10.0 Å². The Labute approximate surface area is 176 Å². The van der Waals surface area contributed by atoms with Crippen LogP contribution in [0.15, 0.2) is 62.8 Å². The van der Waals surface area contributed by atoms with Gasteiger partial charge < -0.3 is 4.90 Å². The first-order valence-electron chi connectivity index (χ1n) is 8.29. The Bertz CT molecular complexity index is 932. The van der Waals surface area contributed by atoms with Crippen molar-refractivity contribution >= 4 is 55.2 Å². The minimum absolute atomic E-state index is 0.00513. The Morgan fingerprint density at radius 1 is 1.04 bits per heavy atom. The Kier molecular flexibility index (Phi) is 6.86. The molecule has 9 heteroatoms. The maximum Gasteiger partial charge on any atom is 0.244 e. The minimum Gasteiger partial charge on any atom is -0.339 e. The highest BCUT2D eigenvalue weighted by molar-refractivity contribution is 9.10. The molecule has 2 aromatic carbocycles. The second-order valence-electron chi connectivity index (χ2n) is 5.93. The van der Waals surface area contributed by atoms with Crippen molar-refractivity contribution in [3.63, 3.8) is 0 Å². The van der Waals surface area contributed by atoms with Crippen LogP contribution in [0.5, 0.6) is 0 Å². The molecular formula is C18H18BrClN2O3S2. The lowest BCUT2D eigenvalue weighted by Gasteiger charge is -2.34. The van der Waals surface area contributed by atoms with Crippen molar-refractivity contribution < 1.29 is 13.2 Å². The maximum absolute atomic E-state index is 12.8. The molecule has 0 bridgehead atoms. The van der Waals surface area contributed by atoms with E-state index in [2.05, 4.69) is 15.9 Å². The second-order valence-corrected chi connectivity index (χ2v) is 10.1. The Balaban J connectivity index is 1.58. The molecule has 1 amide bonds. The molecule has 27 heavy (non-hydrogen) atoms. The molecule has 2 aromatic rings. The first-order chi connectivity index (χ1) is 12.9. The fourth-order valence-corrected chi connectivity index (χ4v) is 6.15. The largest absolute Gasteiger partial charge is 0.339 e. The zero-order valence-corrected chi connectivity index (χ0v) is 18.3. The maximum atomic E-state index is 12.8. The molecular weight excluding hydrogens is 472 g/mol. The minimum atomic E-state index is -3.65. The van der Waals surface area contributed by atoms with Gasteiger partial charge in [0.25, 0.3) is 0 Å². The van der Waals surface area contributed by atoms with Gasteiger partial charge in [0.1, 0.15) is 4.90 Å². The van der Waals surface area contributed by atoms with Gasteiger partial charge in [-0.2, -0.15) is 4.31 Å². The summed E-state index contributed by atoms with van der Waals surface area (Å²) in [6, 6.07) is 14.2. The van der Waals surface area contributed by atoms with Crippen LogP contribution in [-0.4, -0.2) is 55.5 Å². The normalized spacial score (nSPS) is 15.7. The van der Waals surface area contributed by atoms with Gasteiger partial charge >= 0.3 is 0 Å². The smallest absolute Gasteiger partial charge is 0.244 e. The summed E-state index contributed by atoms with van der Waals surface area (Å²) in [5.41, 5.74) is 0. The summed E-state index contributed by atoms with van der Waals surface area (Å²) in [5.74, 6) is 0.324. The number of piperazine rings is 1. The summed E-state index contributed by atoms with van der Waals surface area (Å²) in [6.45, 7) is 1.27. The van der Waals surface area contributed by atoms with Crippen molar-refractivity contribution in [2.45, 2.75) is 9.79 Å². The number of thioether (sulfide) groups is 1. The highest BCUT2D eigenvalue weighted by atomic mass is 79.9. The van der Waals surface area contributed by atoms with Crippen molar-refractivity contribution in [3.05, 3.63) is 58.0 Å². The molecule has 0 aromatic heterocycles. The van der Waals surface area contributed by atoms with Crippen LogP contribution in [0.2, 0.25) is 5.02 Å². The summed E-state index contributed by atoms with van der Waals surface area (Å²) in [4.78, 5) is 15.3. The summed E-state index contributed by atoms with van der Waals surface area (Å²) < 4.78 is 27.9. The highest BCUT2D eigenvalue weighted by Gasteiger charge is 2.31. The van der Waals surface area contributed by atoms with E-state index in [1.807, 2.05) is 24.3 Å². The molecule has 0 unspecified atom stereocenters. The van der Waals surface area contributed by atoms with Crippen LogP contribution in [0.3, 0.4) is 0 Å². The molecule has 5 nitrogen and oxygen atoms in total. The van der Waals surface area contributed by atoms with E-state index in [1.54, 1.807) is 23.1 Å². The van der Waals surface area contributed by atoms with Gasteiger partial charge in [-0.15, -0.1) is 11.8 Å². The van der Waals surface area contributed by atoms with Gasteiger partial charge in [0.2, 0.25) is 15.9 Å². The number of amides is 1. The SMILES string of the molecule is O=C(CSc1ccccc1Br)N1CCN(S(=O)(=O)c2ccccc2Cl)CC1.